The second kappa shape index (κ2) is 9.52. The van der Waals surface area contributed by atoms with Crippen molar-refractivity contribution >= 4 is 32.8 Å². The smallest absolute Gasteiger partial charge is 0.309 e. The van der Waals surface area contributed by atoms with Crippen LogP contribution >= 0.6 is 0 Å². The maximum absolute atomic E-state index is 12.9. The fraction of sp³-hybridized carbons (Fsp3) is 0.417. The van der Waals surface area contributed by atoms with E-state index in [2.05, 4.69) is 14.8 Å². The Labute approximate surface area is 193 Å². The van der Waals surface area contributed by atoms with E-state index in [9.17, 15) is 13.2 Å². The minimum atomic E-state index is -3.79. The lowest BCUT2D eigenvalue weighted by Crippen LogP contribution is -2.36. The van der Waals surface area contributed by atoms with Crippen molar-refractivity contribution in [1.82, 2.24) is 10.1 Å². The standard InChI is InChI=1S/C24H29N3O5S/c1-4-31-24(28)19-9-11-27(12-10-19)15-18-13-17(3)22-20(14-18)32-25-23(22)26-33(29,30)21-8-6-5-7-16(21)2/h5-8,13-14,19H,4,9-12,15H2,1-3H3,(H,25,26). The number of aromatic nitrogens is 1. The Balaban J connectivity index is 1.49. The summed E-state index contributed by atoms with van der Waals surface area (Å²) >= 11 is 0. The number of esters is 1. The molecule has 1 aliphatic rings. The van der Waals surface area contributed by atoms with Crippen molar-refractivity contribution < 1.29 is 22.5 Å². The predicted octanol–water partition coefficient (Wildman–Crippen LogP) is 4.02. The van der Waals surface area contributed by atoms with Crippen LogP contribution in [0.1, 0.15) is 36.5 Å². The molecule has 0 radical (unpaired) electrons. The van der Waals surface area contributed by atoms with Gasteiger partial charge in [-0.05, 0) is 75.5 Å². The number of sulfonamides is 1. The molecule has 1 fully saturated rings. The van der Waals surface area contributed by atoms with E-state index in [0.717, 1.165) is 43.6 Å². The summed E-state index contributed by atoms with van der Waals surface area (Å²) in [5.41, 5.74) is 3.13. The van der Waals surface area contributed by atoms with E-state index in [1.807, 2.05) is 26.0 Å². The Morgan fingerprint density at radius 1 is 1.18 bits per heavy atom. The Hall–Kier alpha value is -2.91. The molecule has 0 unspecified atom stereocenters. The van der Waals surface area contributed by atoms with Gasteiger partial charge in [0.1, 0.15) is 0 Å². The summed E-state index contributed by atoms with van der Waals surface area (Å²) < 4.78 is 39.0. The number of anilines is 1. The molecule has 2 heterocycles. The Bertz CT molecular complexity index is 1260. The number of nitrogens with one attached hydrogen (secondary N) is 1. The van der Waals surface area contributed by atoms with E-state index in [0.29, 0.717) is 23.1 Å². The predicted molar refractivity (Wildman–Crippen MR) is 125 cm³/mol. The van der Waals surface area contributed by atoms with Crippen LogP contribution in [0.2, 0.25) is 0 Å². The van der Waals surface area contributed by atoms with Gasteiger partial charge in [0.2, 0.25) is 0 Å². The fourth-order valence-corrected chi connectivity index (χ4v) is 5.64. The number of likely N-dealkylation sites (tertiary alicyclic amines) is 1. The molecule has 1 N–H and O–H groups in total. The van der Waals surface area contributed by atoms with E-state index in [1.54, 1.807) is 31.2 Å². The first-order valence-corrected chi connectivity index (χ1v) is 12.6. The average molecular weight is 472 g/mol. The highest BCUT2D eigenvalue weighted by molar-refractivity contribution is 7.92. The number of aryl methyl sites for hydroxylation is 2. The van der Waals surface area contributed by atoms with Crippen molar-refractivity contribution in [3.05, 3.63) is 53.1 Å². The van der Waals surface area contributed by atoms with Crippen molar-refractivity contribution in [2.45, 2.75) is 45.1 Å². The molecule has 1 aliphatic heterocycles. The van der Waals surface area contributed by atoms with E-state index < -0.39 is 10.0 Å². The number of benzene rings is 2. The molecule has 0 atom stereocenters. The van der Waals surface area contributed by atoms with Crippen molar-refractivity contribution in [2.75, 3.05) is 24.4 Å². The number of hydrogen-bond donors (Lipinski definition) is 1. The summed E-state index contributed by atoms with van der Waals surface area (Å²) in [4.78, 5) is 14.5. The zero-order valence-corrected chi connectivity index (χ0v) is 19.9. The summed E-state index contributed by atoms with van der Waals surface area (Å²) in [6.45, 7) is 8.27. The van der Waals surface area contributed by atoms with Crippen LogP contribution in [-0.2, 0) is 26.1 Å². The lowest BCUT2D eigenvalue weighted by Gasteiger charge is -2.30. The van der Waals surface area contributed by atoms with Gasteiger partial charge in [-0.2, -0.15) is 0 Å². The third kappa shape index (κ3) is 5.04. The highest BCUT2D eigenvalue weighted by atomic mass is 32.2. The Morgan fingerprint density at radius 2 is 1.91 bits per heavy atom. The maximum Gasteiger partial charge on any atom is 0.309 e. The highest BCUT2D eigenvalue weighted by Crippen LogP contribution is 2.31. The summed E-state index contributed by atoms with van der Waals surface area (Å²) in [7, 11) is -3.79. The van der Waals surface area contributed by atoms with Gasteiger partial charge in [-0.15, -0.1) is 0 Å². The number of hydrogen-bond acceptors (Lipinski definition) is 7. The van der Waals surface area contributed by atoms with E-state index >= 15 is 0 Å². The van der Waals surface area contributed by atoms with Crippen molar-refractivity contribution in [3.63, 3.8) is 0 Å². The zero-order valence-electron chi connectivity index (χ0n) is 19.1. The molecule has 2 aromatic carbocycles. The van der Waals surface area contributed by atoms with Crippen molar-refractivity contribution in [3.8, 4) is 0 Å². The quantitative estimate of drug-likeness (QED) is 0.519. The molecule has 0 aliphatic carbocycles. The van der Waals surface area contributed by atoms with Crippen LogP contribution in [0, 0.1) is 19.8 Å². The van der Waals surface area contributed by atoms with Gasteiger partial charge in [-0.25, -0.2) is 8.42 Å². The third-order valence-electron chi connectivity index (χ3n) is 6.06. The van der Waals surface area contributed by atoms with Crippen LogP contribution in [0.15, 0.2) is 45.8 Å². The summed E-state index contributed by atoms with van der Waals surface area (Å²) in [5.74, 6) is 0.0628. The number of piperidine rings is 1. The molecule has 1 aromatic heterocycles. The largest absolute Gasteiger partial charge is 0.466 e. The Kier molecular flexibility index (Phi) is 6.71. The summed E-state index contributed by atoms with van der Waals surface area (Å²) in [5, 5.41) is 4.65. The molecule has 8 nitrogen and oxygen atoms in total. The van der Waals surface area contributed by atoms with Crippen LogP contribution in [0.4, 0.5) is 5.82 Å². The fourth-order valence-electron chi connectivity index (χ4n) is 4.39. The van der Waals surface area contributed by atoms with E-state index in [4.69, 9.17) is 9.26 Å². The SMILES string of the molecule is CCOC(=O)C1CCN(Cc2cc(C)c3c(NS(=O)(=O)c4ccccc4C)noc3c2)CC1. The van der Waals surface area contributed by atoms with Gasteiger partial charge in [0, 0.05) is 6.54 Å². The minimum Gasteiger partial charge on any atom is -0.466 e. The van der Waals surface area contributed by atoms with Gasteiger partial charge in [-0.1, -0.05) is 29.4 Å². The lowest BCUT2D eigenvalue weighted by molar-refractivity contribution is -0.149. The first kappa shape index (κ1) is 23.3. The van der Waals surface area contributed by atoms with Crippen LogP contribution in [-0.4, -0.2) is 44.1 Å². The second-order valence-corrected chi connectivity index (χ2v) is 10.1. The highest BCUT2D eigenvalue weighted by Gasteiger charge is 2.26. The molecule has 4 rings (SSSR count). The molecular formula is C24H29N3O5S. The van der Waals surface area contributed by atoms with Gasteiger partial charge in [-0.3, -0.25) is 14.4 Å². The van der Waals surface area contributed by atoms with E-state index in [-0.39, 0.29) is 22.6 Å². The molecule has 1 saturated heterocycles. The van der Waals surface area contributed by atoms with E-state index in [1.165, 1.54) is 0 Å². The first-order chi connectivity index (χ1) is 15.8. The van der Waals surface area contributed by atoms with Gasteiger partial charge in [0.15, 0.2) is 11.4 Å². The normalized spacial score (nSPS) is 15.6. The first-order valence-electron chi connectivity index (χ1n) is 11.1. The van der Waals surface area contributed by atoms with Gasteiger partial charge >= 0.3 is 5.97 Å². The van der Waals surface area contributed by atoms with Crippen LogP contribution in [0.3, 0.4) is 0 Å². The van der Waals surface area contributed by atoms with Crippen molar-refractivity contribution in [1.29, 1.82) is 0 Å². The van der Waals surface area contributed by atoms with Crippen molar-refractivity contribution in [2.24, 2.45) is 5.92 Å². The Morgan fingerprint density at radius 3 is 2.61 bits per heavy atom. The lowest BCUT2D eigenvalue weighted by atomic mass is 9.96. The third-order valence-corrected chi connectivity index (χ3v) is 7.56. The molecule has 0 bridgehead atoms. The molecule has 33 heavy (non-hydrogen) atoms. The minimum absolute atomic E-state index is 0.0245. The van der Waals surface area contributed by atoms with Gasteiger partial charge in [0.05, 0.1) is 22.8 Å². The number of ether oxygens (including phenoxy) is 1. The number of carbonyl (C=O) groups is 1. The monoisotopic (exact) mass is 471 g/mol. The molecule has 0 amide bonds. The maximum atomic E-state index is 12.9. The zero-order chi connectivity index (χ0) is 23.6. The number of nitrogens with zero attached hydrogens (tertiary/aromatic N) is 2. The van der Waals surface area contributed by atoms with Crippen LogP contribution < -0.4 is 4.72 Å². The molecule has 9 heteroatoms. The molecule has 176 valence electrons. The summed E-state index contributed by atoms with van der Waals surface area (Å²) in [6.07, 6.45) is 1.57. The average Bonchev–Trinajstić information content (AvgIpc) is 3.17. The molecular weight excluding hydrogens is 442 g/mol. The van der Waals surface area contributed by atoms with Crippen LogP contribution in [0.25, 0.3) is 11.0 Å². The number of rotatable bonds is 7. The molecule has 3 aromatic rings. The molecule has 0 spiro atoms. The number of fused-ring (bicyclic) bond motifs is 1. The van der Waals surface area contributed by atoms with Gasteiger partial charge in [0.25, 0.3) is 10.0 Å². The number of carbonyl (C=O) groups excluding carboxylic acids is 1. The second-order valence-electron chi connectivity index (χ2n) is 8.49. The van der Waals surface area contributed by atoms with Gasteiger partial charge < -0.3 is 9.26 Å². The summed E-state index contributed by atoms with van der Waals surface area (Å²) in [6, 6.07) is 10.7. The van der Waals surface area contributed by atoms with Crippen LogP contribution in [0.5, 0.6) is 0 Å². The molecule has 0 saturated carbocycles. The topological polar surface area (TPSA) is 102 Å².